The minimum absolute atomic E-state index is 0.0705. The summed E-state index contributed by atoms with van der Waals surface area (Å²) in [6.45, 7) is 6.52. The van der Waals surface area contributed by atoms with E-state index in [1.807, 2.05) is 0 Å². The third-order valence-corrected chi connectivity index (χ3v) is 5.00. The molecule has 28 heavy (non-hydrogen) atoms. The number of carbonyl (C=O) groups excluding carboxylic acids is 1. The van der Waals surface area contributed by atoms with Crippen LogP contribution >= 0.6 is 0 Å². The van der Waals surface area contributed by atoms with Crippen LogP contribution in [0.3, 0.4) is 0 Å². The van der Waals surface area contributed by atoms with Crippen molar-refractivity contribution in [3.05, 3.63) is 29.1 Å². The monoisotopic (exact) mass is 393 g/mol. The minimum atomic E-state index is -0.920. The predicted octanol–water partition coefficient (Wildman–Crippen LogP) is 4.43. The van der Waals surface area contributed by atoms with Crippen LogP contribution in [0.2, 0.25) is 0 Å². The molecule has 1 saturated heterocycles. The molecule has 2 fully saturated rings. The molecule has 1 heterocycles. The number of nitrogens with zero attached hydrogens (tertiary/aromatic N) is 1. The number of esters is 1. The average molecular weight is 393 g/mol. The van der Waals surface area contributed by atoms with Gasteiger partial charge in [-0.05, 0) is 64.0 Å². The van der Waals surface area contributed by atoms with Crippen molar-refractivity contribution in [3.8, 4) is 5.75 Å². The first-order chi connectivity index (χ1) is 13.1. The minimum Gasteiger partial charge on any atom is -0.493 e. The van der Waals surface area contributed by atoms with Crippen molar-refractivity contribution in [2.75, 3.05) is 19.7 Å². The van der Waals surface area contributed by atoms with Gasteiger partial charge in [-0.25, -0.2) is 14.0 Å². The molecule has 1 amide bonds. The summed E-state index contributed by atoms with van der Waals surface area (Å²) in [7, 11) is 0. The van der Waals surface area contributed by atoms with E-state index < -0.39 is 23.5 Å². The summed E-state index contributed by atoms with van der Waals surface area (Å²) in [5.74, 6) is -0.559. The molecule has 1 saturated carbocycles. The van der Waals surface area contributed by atoms with Crippen molar-refractivity contribution in [1.82, 2.24) is 4.90 Å². The number of piperidine rings is 1. The van der Waals surface area contributed by atoms with E-state index in [2.05, 4.69) is 0 Å². The molecule has 1 aliphatic heterocycles. The average Bonchev–Trinajstić information content (AvgIpc) is 3.43. The fourth-order valence-electron chi connectivity index (χ4n) is 3.48. The number of benzene rings is 1. The molecule has 6 nitrogen and oxygen atoms in total. The fourth-order valence-corrected chi connectivity index (χ4v) is 3.48. The second-order valence-electron chi connectivity index (χ2n) is 8.69. The van der Waals surface area contributed by atoms with Gasteiger partial charge in [0.15, 0.2) is 0 Å². The van der Waals surface area contributed by atoms with Crippen LogP contribution < -0.4 is 4.74 Å². The molecule has 1 atom stereocenters. The highest BCUT2D eigenvalue weighted by Gasteiger charge is 2.31. The van der Waals surface area contributed by atoms with Crippen molar-refractivity contribution in [2.24, 2.45) is 5.92 Å². The third-order valence-electron chi connectivity index (χ3n) is 5.00. The number of halogens is 1. The highest BCUT2D eigenvalue weighted by molar-refractivity contribution is 5.90. The van der Waals surface area contributed by atoms with Gasteiger partial charge in [-0.3, -0.25) is 0 Å². The summed E-state index contributed by atoms with van der Waals surface area (Å²) in [6, 6.07) is 2.82. The number of carboxylic acid groups (broad SMARTS) is 1. The molecule has 1 aromatic carbocycles. The molecule has 1 N–H and O–H groups in total. The molecule has 2 aliphatic rings. The zero-order valence-electron chi connectivity index (χ0n) is 16.7. The van der Waals surface area contributed by atoms with Crippen LogP contribution in [-0.4, -0.2) is 47.4 Å². The molecule has 0 unspecified atom stereocenters. The lowest BCUT2D eigenvalue weighted by Gasteiger charge is -2.30. The van der Waals surface area contributed by atoms with Crippen molar-refractivity contribution >= 4 is 12.1 Å². The molecule has 7 heteroatoms. The molecule has 154 valence electrons. The highest BCUT2D eigenvalue weighted by atomic mass is 19.1. The maximum absolute atomic E-state index is 14.6. The molecule has 0 spiro atoms. The Labute approximate surface area is 164 Å². The zero-order valence-corrected chi connectivity index (χ0v) is 16.7. The van der Waals surface area contributed by atoms with E-state index in [1.54, 1.807) is 26.8 Å². The van der Waals surface area contributed by atoms with E-state index in [1.165, 1.54) is 11.0 Å². The number of likely N-dealkylation sites (tertiary alicyclic amines) is 1. The van der Waals surface area contributed by atoms with Gasteiger partial charge < -0.3 is 19.5 Å². The lowest BCUT2D eigenvalue weighted by Crippen LogP contribution is -2.40. The summed E-state index contributed by atoms with van der Waals surface area (Å²) in [5.41, 5.74) is 0.0576. The quantitative estimate of drug-likeness (QED) is 0.749. The lowest BCUT2D eigenvalue weighted by atomic mass is 9.99. The van der Waals surface area contributed by atoms with Gasteiger partial charge in [-0.1, -0.05) is 0 Å². The maximum Gasteiger partial charge on any atom is 0.407 e. The zero-order chi connectivity index (χ0) is 20.5. The van der Waals surface area contributed by atoms with Gasteiger partial charge in [0.1, 0.15) is 17.2 Å². The Morgan fingerprint density at radius 3 is 2.57 bits per heavy atom. The van der Waals surface area contributed by atoms with Gasteiger partial charge in [0.2, 0.25) is 0 Å². The summed E-state index contributed by atoms with van der Waals surface area (Å²) >= 11 is 0. The Hall–Kier alpha value is -2.31. The van der Waals surface area contributed by atoms with Gasteiger partial charge >= 0.3 is 12.1 Å². The van der Waals surface area contributed by atoms with Crippen molar-refractivity contribution in [2.45, 2.75) is 58.0 Å². The van der Waals surface area contributed by atoms with Gasteiger partial charge in [0.05, 0.1) is 12.2 Å². The molecular weight excluding hydrogens is 365 g/mol. The number of hydrogen-bond acceptors (Lipinski definition) is 4. The van der Waals surface area contributed by atoms with E-state index in [4.69, 9.17) is 14.6 Å². The molecule has 0 aromatic heterocycles. The Morgan fingerprint density at radius 2 is 1.96 bits per heavy atom. The van der Waals surface area contributed by atoms with Crippen LogP contribution in [0.4, 0.5) is 9.18 Å². The van der Waals surface area contributed by atoms with Crippen LogP contribution in [0.5, 0.6) is 5.75 Å². The molecule has 0 radical (unpaired) electrons. The number of rotatable bonds is 5. The van der Waals surface area contributed by atoms with Crippen LogP contribution in [0.1, 0.15) is 68.3 Å². The SMILES string of the molecule is CC(C)(C)OC(=O)c1cc(C2CC2)c(OC[C@H]2CCCN(C(=O)O)C2)cc1F. The first kappa shape index (κ1) is 20.4. The number of ether oxygens (including phenoxy) is 2. The lowest BCUT2D eigenvalue weighted by molar-refractivity contribution is 0.00644. The van der Waals surface area contributed by atoms with Crippen LogP contribution in [0.15, 0.2) is 12.1 Å². The largest absolute Gasteiger partial charge is 0.493 e. The first-order valence-corrected chi connectivity index (χ1v) is 9.81. The summed E-state index contributed by atoms with van der Waals surface area (Å²) in [4.78, 5) is 24.9. The number of amides is 1. The molecule has 0 bridgehead atoms. The molecule has 1 aliphatic carbocycles. The Kier molecular flexibility index (Phi) is 5.82. The Bertz CT molecular complexity index is 754. The van der Waals surface area contributed by atoms with E-state index in [9.17, 15) is 14.0 Å². The topological polar surface area (TPSA) is 76.1 Å². The smallest absolute Gasteiger partial charge is 0.407 e. The standard InChI is InChI=1S/C21H28FNO5/c1-21(2,3)28-19(24)16-9-15(14-6-7-14)18(10-17(16)22)27-12-13-5-4-8-23(11-13)20(25)26/h9-10,13-14H,4-8,11-12H2,1-3H3,(H,25,26)/t13-/m0/s1. The Balaban J connectivity index is 1.73. The second kappa shape index (κ2) is 7.97. The molecular formula is C21H28FNO5. The van der Waals surface area contributed by atoms with Gasteiger partial charge in [-0.15, -0.1) is 0 Å². The van der Waals surface area contributed by atoms with Gasteiger partial charge in [-0.2, -0.15) is 0 Å². The summed E-state index contributed by atoms with van der Waals surface area (Å²) < 4.78 is 25.8. The van der Waals surface area contributed by atoms with Crippen LogP contribution in [0, 0.1) is 11.7 Å². The Morgan fingerprint density at radius 1 is 1.25 bits per heavy atom. The van der Waals surface area contributed by atoms with Crippen LogP contribution in [-0.2, 0) is 4.74 Å². The highest BCUT2D eigenvalue weighted by Crippen LogP contribution is 2.45. The normalized spacial score (nSPS) is 20.0. The van der Waals surface area contributed by atoms with Gasteiger partial charge in [0.25, 0.3) is 0 Å². The van der Waals surface area contributed by atoms with Crippen molar-refractivity contribution in [1.29, 1.82) is 0 Å². The first-order valence-electron chi connectivity index (χ1n) is 9.81. The van der Waals surface area contributed by atoms with E-state index in [0.29, 0.717) is 25.4 Å². The van der Waals surface area contributed by atoms with E-state index in [0.717, 1.165) is 31.2 Å². The van der Waals surface area contributed by atoms with Crippen molar-refractivity contribution in [3.63, 3.8) is 0 Å². The second-order valence-corrected chi connectivity index (χ2v) is 8.69. The predicted molar refractivity (Wildman–Crippen MR) is 101 cm³/mol. The summed E-state index contributed by atoms with van der Waals surface area (Å²) in [5, 5.41) is 9.16. The van der Waals surface area contributed by atoms with E-state index in [-0.39, 0.29) is 17.4 Å². The fraction of sp³-hybridized carbons (Fsp3) is 0.619. The van der Waals surface area contributed by atoms with Crippen LogP contribution in [0.25, 0.3) is 0 Å². The van der Waals surface area contributed by atoms with Gasteiger partial charge in [0, 0.05) is 25.1 Å². The van der Waals surface area contributed by atoms with Crippen molar-refractivity contribution < 1.29 is 28.6 Å². The summed E-state index contributed by atoms with van der Waals surface area (Å²) in [6.07, 6.45) is 2.71. The van der Waals surface area contributed by atoms with E-state index >= 15 is 0 Å². The molecule has 3 rings (SSSR count). The third kappa shape index (κ3) is 5.14. The number of hydrogen-bond donors (Lipinski definition) is 1. The maximum atomic E-state index is 14.6. The molecule has 1 aromatic rings. The number of carbonyl (C=O) groups is 2.